The lowest BCUT2D eigenvalue weighted by Gasteiger charge is -2.37. The van der Waals surface area contributed by atoms with Gasteiger partial charge in [0.05, 0.1) is 15.8 Å². The lowest BCUT2D eigenvalue weighted by molar-refractivity contribution is 0.0607. The first-order valence-electron chi connectivity index (χ1n) is 7.67. The minimum atomic E-state index is 0.163. The van der Waals surface area contributed by atoms with E-state index in [-0.39, 0.29) is 6.10 Å². The summed E-state index contributed by atoms with van der Waals surface area (Å²) in [6.45, 7) is 4.33. The van der Waals surface area contributed by atoms with Gasteiger partial charge in [-0.2, -0.15) is 0 Å². The fraction of sp³-hybridized carbons (Fsp3) is 0.444. The van der Waals surface area contributed by atoms with Crippen LogP contribution in [0.3, 0.4) is 0 Å². The molecule has 0 unspecified atom stereocenters. The number of fused-ring (bicyclic) bond motifs is 2. The van der Waals surface area contributed by atoms with Gasteiger partial charge in [0.25, 0.3) is 0 Å². The van der Waals surface area contributed by atoms with Crippen molar-refractivity contribution in [1.82, 2.24) is 0 Å². The highest BCUT2D eigenvalue weighted by Gasteiger charge is 2.65. The zero-order valence-corrected chi connectivity index (χ0v) is 13.8. The highest BCUT2D eigenvalue weighted by molar-refractivity contribution is 14.1. The summed E-state index contributed by atoms with van der Waals surface area (Å²) < 4.78 is 13.8. The first kappa shape index (κ1) is 12.7. The van der Waals surface area contributed by atoms with Crippen LogP contribution in [0.2, 0.25) is 0 Å². The Labute approximate surface area is 138 Å². The normalized spacial score (nSPS) is 45.4. The van der Waals surface area contributed by atoms with Gasteiger partial charge in [-0.15, -0.1) is 0 Å². The summed E-state index contributed by atoms with van der Waals surface area (Å²) in [5.74, 6) is 3.46. The minimum absolute atomic E-state index is 0.163. The van der Waals surface area contributed by atoms with Crippen molar-refractivity contribution in [3.05, 3.63) is 52.1 Å². The van der Waals surface area contributed by atoms with E-state index >= 15 is 0 Å². The molecule has 1 aromatic carbocycles. The molecular weight excluding hydrogens is 375 g/mol. The van der Waals surface area contributed by atoms with Crippen LogP contribution in [0.15, 0.2) is 48.6 Å². The molecule has 1 aliphatic heterocycles. The molecule has 0 aromatic heterocycles. The van der Waals surface area contributed by atoms with Gasteiger partial charge in [-0.3, -0.25) is 0 Å². The molecule has 4 aliphatic rings. The highest BCUT2D eigenvalue weighted by Crippen LogP contribution is 2.64. The minimum Gasteiger partial charge on any atom is -0.485 e. The monoisotopic (exact) mass is 392 g/mol. The zero-order valence-electron chi connectivity index (χ0n) is 11.6. The van der Waals surface area contributed by atoms with Crippen molar-refractivity contribution in [2.45, 2.75) is 24.7 Å². The average molecular weight is 392 g/mol. The first-order valence-corrected chi connectivity index (χ1v) is 8.75. The topological polar surface area (TPSA) is 18.5 Å². The molecule has 108 valence electrons. The molecule has 3 fully saturated rings. The van der Waals surface area contributed by atoms with E-state index in [1.165, 1.54) is 15.6 Å². The van der Waals surface area contributed by atoms with E-state index < -0.39 is 0 Å². The van der Waals surface area contributed by atoms with Crippen molar-refractivity contribution >= 4 is 22.6 Å². The number of hydrogen-bond donors (Lipinski definition) is 0. The second-order valence-corrected chi connectivity index (χ2v) is 7.82. The van der Waals surface area contributed by atoms with Crippen LogP contribution < -0.4 is 4.74 Å². The summed E-state index contributed by atoms with van der Waals surface area (Å²) >= 11 is 2.34. The van der Waals surface area contributed by atoms with Crippen LogP contribution in [-0.2, 0) is 4.74 Å². The van der Waals surface area contributed by atoms with Gasteiger partial charge in [-0.05, 0) is 64.6 Å². The quantitative estimate of drug-likeness (QED) is 0.563. The second kappa shape index (κ2) is 4.35. The van der Waals surface area contributed by atoms with Crippen LogP contribution in [-0.4, -0.2) is 18.3 Å². The maximum atomic E-state index is 6.38. The van der Waals surface area contributed by atoms with Gasteiger partial charge in [0.15, 0.2) is 0 Å². The molecule has 21 heavy (non-hydrogen) atoms. The molecule has 1 saturated heterocycles. The molecule has 1 aromatic rings. The molecule has 1 heterocycles. The molecule has 0 radical (unpaired) electrons. The van der Waals surface area contributed by atoms with Crippen molar-refractivity contribution in [3.63, 3.8) is 0 Å². The molecule has 0 spiro atoms. The van der Waals surface area contributed by atoms with Gasteiger partial charge in [0.1, 0.15) is 11.9 Å². The Kier molecular flexibility index (Phi) is 2.63. The van der Waals surface area contributed by atoms with E-state index in [9.17, 15) is 0 Å². The number of benzene rings is 1. The highest BCUT2D eigenvalue weighted by atomic mass is 127. The van der Waals surface area contributed by atoms with Crippen LogP contribution in [0, 0.1) is 27.2 Å². The van der Waals surface area contributed by atoms with Gasteiger partial charge in [-0.25, -0.2) is 0 Å². The number of hydrogen-bond acceptors (Lipinski definition) is 2. The summed E-state index contributed by atoms with van der Waals surface area (Å²) in [6.07, 6.45) is 6.49. The molecule has 0 amide bonds. The smallest absolute Gasteiger partial charge is 0.133 e. The van der Waals surface area contributed by atoms with Crippen molar-refractivity contribution in [1.29, 1.82) is 0 Å². The number of halogens is 1. The van der Waals surface area contributed by atoms with Crippen molar-refractivity contribution in [3.8, 4) is 5.75 Å². The van der Waals surface area contributed by atoms with Crippen LogP contribution in [0.4, 0.5) is 0 Å². The molecule has 2 bridgehead atoms. The Balaban J connectivity index is 1.51. The van der Waals surface area contributed by atoms with Gasteiger partial charge in [-0.1, -0.05) is 24.8 Å². The Hall–Kier alpha value is -0.810. The Morgan fingerprint density at radius 2 is 2.05 bits per heavy atom. The Morgan fingerprint density at radius 3 is 2.90 bits per heavy atom. The van der Waals surface area contributed by atoms with Gasteiger partial charge < -0.3 is 9.47 Å². The third kappa shape index (κ3) is 1.62. The summed E-state index contributed by atoms with van der Waals surface area (Å²) in [5.41, 5.74) is 1.32. The van der Waals surface area contributed by atoms with E-state index in [1.54, 1.807) is 0 Å². The summed E-state index contributed by atoms with van der Waals surface area (Å²) in [6, 6.07) is 8.26. The van der Waals surface area contributed by atoms with Gasteiger partial charge >= 0.3 is 0 Å². The van der Waals surface area contributed by atoms with Crippen molar-refractivity contribution in [2.24, 2.45) is 23.7 Å². The van der Waals surface area contributed by atoms with Crippen molar-refractivity contribution < 1.29 is 9.47 Å². The van der Waals surface area contributed by atoms with E-state index in [2.05, 4.69) is 59.5 Å². The summed E-state index contributed by atoms with van der Waals surface area (Å²) in [5, 5.41) is 0. The van der Waals surface area contributed by atoms with Gasteiger partial charge in [0, 0.05) is 11.8 Å². The third-order valence-electron chi connectivity index (χ3n) is 5.81. The SMILES string of the molecule is C=C1[C@H]2C[C@@H]3[C@@H]4[C@H]2[C@@H](Oc2ccccc2I)C=C[C@@H]4O[C@H]13. The number of rotatable bonds is 2. The molecule has 0 N–H and O–H groups in total. The lowest BCUT2D eigenvalue weighted by atomic mass is 9.70. The second-order valence-electron chi connectivity index (χ2n) is 6.65. The summed E-state index contributed by atoms with van der Waals surface area (Å²) in [7, 11) is 0. The Bertz CT molecular complexity index is 652. The standard InChI is InChI=1S/C18H17IO2/c1-9-10-8-11-17-15(21-18(9)11)7-6-14(16(10)17)20-13-5-3-2-4-12(13)19/h2-7,10-11,14-18H,1,8H2/t10-,11-,14+,15+,16-,17+,18-/m1/s1. The predicted molar refractivity (Wildman–Crippen MR) is 89.1 cm³/mol. The van der Waals surface area contributed by atoms with Gasteiger partial charge in [0.2, 0.25) is 0 Å². The molecule has 3 aliphatic carbocycles. The van der Waals surface area contributed by atoms with Crippen LogP contribution in [0.25, 0.3) is 0 Å². The van der Waals surface area contributed by atoms with Crippen LogP contribution >= 0.6 is 22.6 Å². The molecule has 3 heteroatoms. The fourth-order valence-corrected chi connectivity index (χ4v) is 5.57. The molecule has 2 saturated carbocycles. The van der Waals surface area contributed by atoms with E-state index in [1.807, 2.05) is 6.07 Å². The van der Waals surface area contributed by atoms with Crippen molar-refractivity contribution in [2.75, 3.05) is 0 Å². The maximum Gasteiger partial charge on any atom is 0.133 e. The van der Waals surface area contributed by atoms with E-state index in [4.69, 9.17) is 9.47 Å². The molecule has 7 atom stereocenters. The fourth-order valence-electron chi connectivity index (χ4n) is 5.06. The molecule has 2 nitrogen and oxygen atoms in total. The summed E-state index contributed by atoms with van der Waals surface area (Å²) in [4.78, 5) is 0. The number of para-hydroxylation sites is 1. The molecular formula is C18H17IO2. The largest absolute Gasteiger partial charge is 0.485 e. The Morgan fingerprint density at radius 1 is 1.19 bits per heavy atom. The first-order chi connectivity index (χ1) is 10.2. The predicted octanol–water partition coefficient (Wildman–Crippen LogP) is 3.81. The average Bonchev–Trinajstić information content (AvgIpc) is 3.11. The van der Waals surface area contributed by atoms with E-state index in [0.717, 1.165) is 5.75 Å². The number of ether oxygens (including phenoxy) is 2. The van der Waals surface area contributed by atoms with Crippen LogP contribution in [0.1, 0.15) is 6.42 Å². The van der Waals surface area contributed by atoms with Crippen LogP contribution in [0.5, 0.6) is 5.75 Å². The lowest BCUT2D eigenvalue weighted by Crippen LogP contribution is -2.41. The van der Waals surface area contributed by atoms with E-state index in [0.29, 0.717) is 35.9 Å². The maximum absolute atomic E-state index is 6.38. The third-order valence-corrected chi connectivity index (χ3v) is 6.70. The molecule has 5 rings (SSSR count). The zero-order chi connectivity index (χ0) is 14.1.